The number of H-pyrrole nitrogens is 1. The zero-order valence-electron chi connectivity index (χ0n) is 10.7. The molecule has 16 heavy (non-hydrogen) atoms. The van der Waals surface area contributed by atoms with Gasteiger partial charge in [-0.1, -0.05) is 12.1 Å². The zero-order valence-corrected chi connectivity index (χ0v) is 10.7. The lowest BCUT2D eigenvalue weighted by atomic mass is 10.0. The van der Waals surface area contributed by atoms with Crippen LogP contribution in [0.25, 0.3) is 10.9 Å². The minimum absolute atomic E-state index is 0.368. The second-order valence-electron chi connectivity index (χ2n) is 4.60. The summed E-state index contributed by atoms with van der Waals surface area (Å²) in [6.07, 6.45) is 0. The first-order chi connectivity index (χ1) is 7.56. The van der Waals surface area contributed by atoms with Gasteiger partial charge in [-0.2, -0.15) is 0 Å². The number of hydrogen-bond donors (Lipinski definition) is 2. The second kappa shape index (κ2) is 3.95. The lowest BCUT2D eigenvalue weighted by Gasteiger charge is -2.08. The normalized spacial score (nSPS) is 13.3. The molecule has 0 aliphatic heterocycles. The molecular weight excluding hydrogens is 196 g/mol. The Bertz CT molecular complexity index is 523. The molecule has 0 aliphatic rings. The van der Waals surface area contributed by atoms with Crippen LogP contribution in [0.15, 0.2) is 12.1 Å². The minimum Gasteiger partial charge on any atom is -0.357 e. The van der Waals surface area contributed by atoms with Gasteiger partial charge in [0.15, 0.2) is 0 Å². The van der Waals surface area contributed by atoms with Gasteiger partial charge in [0.05, 0.1) is 0 Å². The van der Waals surface area contributed by atoms with E-state index in [9.17, 15) is 0 Å². The molecule has 0 saturated carbocycles. The standard InChI is InChI=1S/C14H20N2/c1-8-6-7-12-10(3)13(11(4)15-5)16-14(12)9(8)2/h6-7,11,15-16H,1-5H3. The summed E-state index contributed by atoms with van der Waals surface area (Å²) in [4.78, 5) is 3.56. The average Bonchev–Trinajstić information content (AvgIpc) is 2.61. The number of hydrogen-bond acceptors (Lipinski definition) is 1. The molecule has 2 nitrogen and oxygen atoms in total. The molecule has 2 N–H and O–H groups in total. The van der Waals surface area contributed by atoms with Gasteiger partial charge in [0.1, 0.15) is 0 Å². The number of fused-ring (bicyclic) bond motifs is 1. The van der Waals surface area contributed by atoms with E-state index in [2.05, 4.69) is 50.1 Å². The molecule has 1 heterocycles. The third-order valence-corrected chi connectivity index (χ3v) is 3.67. The number of aromatic amines is 1. The van der Waals surface area contributed by atoms with E-state index in [-0.39, 0.29) is 0 Å². The Morgan fingerprint density at radius 1 is 1.12 bits per heavy atom. The van der Waals surface area contributed by atoms with Crippen molar-refractivity contribution in [2.24, 2.45) is 0 Å². The van der Waals surface area contributed by atoms with Gasteiger partial charge in [-0.25, -0.2) is 0 Å². The molecular formula is C14H20N2. The number of nitrogens with one attached hydrogen (secondary N) is 2. The van der Waals surface area contributed by atoms with Crippen LogP contribution in [0.2, 0.25) is 0 Å². The van der Waals surface area contributed by atoms with E-state index >= 15 is 0 Å². The van der Waals surface area contributed by atoms with Crippen molar-refractivity contribution in [2.45, 2.75) is 33.7 Å². The van der Waals surface area contributed by atoms with E-state index in [0.717, 1.165) is 0 Å². The summed E-state index contributed by atoms with van der Waals surface area (Å²) in [5, 5.41) is 4.63. The molecule has 0 fully saturated rings. The lowest BCUT2D eigenvalue weighted by molar-refractivity contribution is 0.634. The Labute approximate surface area is 97.1 Å². The average molecular weight is 216 g/mol. The monoisotopic (exact) mass is 216 g/mol. The van der Waals surface area contributed by atoms with Crippen LogP contribution in [0.3, 0.4) is 0 Å². The molecule has 1 aromatic heterocycles. The zero-order chi connectivity index (χ0) is 11.9. The van der Waals surface area contributed by atoms with E-state index in [1.165, 1.54) is 33.3 Å². The predicted molar refractivity (Wildman–Crippen MR) is 70.0 cm³/mol. The van der Waals surface area contributed by atoms with E-state index in [4.69, 9.17) is 0 Å². The Kier molecular flexibility index (Phi) is 2.76. The molecule has 1 aromatic carbocycles. The van der Waals surface area contributed by atoms with Gasteiger partial charge >= 0.3 is 0 Å². The van der Waals surface area contributed by atoms with Gasteiger partial charge in [-0.15, -0.1) is 0 Å². The van der Waals surface area contributed by atoms with Crippen molar-refractivity contribution in [3.8, 4) is 0 Å². The first-order valence-electron chi connectivity index (χ1n) is 5.82. The van der Waals surface area contributed by atoms with Gasteiger partial charge in [-0.05, 0) is 51.4 Å². The highest BCUT2D eigenvalue weighted by Crippen LogP contribution is 2.29. The molecule has 2 heteroatoms. The summed E-state index contributed by atoms with van der Waals surface area (Å²) in [6, 6.07) is 4.79. The highest BCUT2D eigenvalue weighted by molar-refractivity contribution is 5.88. The molecule has 86 valence electrons. The molecule has 1 atom stereocenters. The van der Waals surface area contributed by atoms with Crippen LogP contribution in [0.5, 0.6) is 0 Å². The first-order valence-corrected chi connectivity index (χ1v) is 5.82. The van der Waals surface area contributed by atoms with Crippen LogP contribution < -0.4 is 5.32 Å². The Morgan fingerprint density at radius 2 is 1.81 bits per heavy atom. The van der Waals surface area contributed by atoms with Crippen molar-refractivity contribution < 1.29 is 0 Å². The third kappa shape index (κ3) is 1.54. The van der Waals surface area contributed by atoms with Crippen LogP contribution in [0, 0.1) is 20.8 Å². The second-order valence-corrected chi connectivity index (χ2v) is 4.60. The number of aryl methyl sites for hydroxylation is 3. The number of rotatable bonds is 2. The van der Waals surface area contributed by atoms with Crippen molar-refractivity contribution in [1.29, 1.82) is 0 Å². The molecule has 0 radical (unpaired) electrons. The summed E-state index contributed by atoms with van der Waals surface area (Å²) in [7, 11) is 1.99. The number of aromatic nitrogens is 1. The fraction of sp³-hybridized carbons (Fsp3) is 0.429. The summed E-state index contributed by atoms with van der Waals surface area (Å²) in [5.74, 6) is 0. The van der Waals surface area contributed by atoms with Crippen LogP contribution in [-0.2, 0) is 0 Å². The maximum absolute atomic E-state index is 3.56. The highest BCUT2D eigenvalue weighted by atomic mass is 14.9. The van der Waals surface area contributed by atoms with Crippen molar-refractivity contribution in [3.63, 3.8) is 0 Å². The SMILES string of the molecule is CNC(C)c1[nH]c2c(C)c(C)ccc2c1C. The van der Waals surface area contributed by atoms with Crippen molar-refractivity contribution in [1.82, 2.24) is 10.3 Å². The Hall–Kier alpha value is -1.28. The van der Waals surface area contributed by atoms with Gasteiger partial charge in [-0.3, -0.25) is 0 Å². The first kappa shape index (κ1) is 11.2. The molecule has 0 amide bonds. The van der Waals surface area contributed by atoms with E-state index < -0.39 is 0 Å². The largest absolute Gasteiger partial charge is 0.357 e. The lowest BCUT2D eigenvalue weighted by Crippen LogP contribution is -2.13. The summed E-state index contributed by atoms with van der Waals surface area (Å²) in [6.45, 7) is 8.71. The van der Waals surface area contributed by atoms with Crippen LogP contribution in [0.4, 0.5) is 0 Å². The maximum Gasteiger partial charge on any atom is 0.0491 e. The third-order valence-electron chi connectivity index (χ3n) is 3.67. The van der Waals surface area contributed by atoms with Gasteiger partial charge < -0.3 is 10.3 Å². The Morgan fingerprint density at radius 3 is 2.44 bits per heavy atom. The topological polar surface area (TPSA) is 27.8 Å². The quantitative estimate of drug-likeness (QED) is 0.791. The van der Waals surface area contributed by atoms with Gasteiger partial charge in [0.2, 0.25) is 0 Å². The highest BCUT2D eigenvalue weighted by Gasteiger charge is 2.13. The van der Waals surface area contributed by atoms with Crippen LogP contribution >= 0.6 is 0 Å². The molecule has 0 saturated heterocycles. The summed E-state index contributed by atoms with van der Waals surface area (Å²) >= 11 is 0. The van der Waals surface area contributed by atoms with Crippen molar-refractivity contribution in [3.05, 3.63) is 34.5 Å². The minimum atomic E-state index is 0.368. The smallest absolute Gasteiger partial charge is 0.0491 e. The fourth-order valence-corrected chi connectivity index (χ4v) is 2.24. The van der Waals surface area contributed by atoms with Gasteiger partial charge in [0.25, 0.3) is 0 Å². The summed E-state index contributed by atoms with van der Waals surface area (Å²) < 4.78 is 0. The summed E-state index contributed by atoms with van der Waals surface area (Å²) in [5.41, 5.74) is 6.65. The molecule has 2 rings (SSSR count). The number of benzene rings is 1. The van der Waals surface area contributed by atoms with Crippen molar-refractivity contribution >= 4 is 10.9 Å². The van der Waals surface area contributed by atoms with Gasteiger partial charge in [0, 0.05) is 22.6 Å². The predicted octanol–water partition coefficient (Wildman–Crippen LogP) is 3.37. The van der Waals surface area contributed by atoms with E-state index in [0.29, 0.717) is 6.04 Å². The van der Waals surface area contributed by atoms with E-state index in [1.54, 1.807) is 0 Å². The molecule has 1 unspecified atom stereocenters. The molecule has 0 aliphatic carbocycles. The fourth-order valence-electron chi connectivity index (χ4n) is 2.24. The van der Waals surface area contributed by atoms with E-state index in [1.807, 2.05) is 7.05 Å². The molecule has 0 bridgehead atoms. The van der Waals surface area contributed by atoms with Crippen molar-refractivity contribution in [2.75, 3.05) is 7.05 Å². The molecule has 2 aromatic rings. The van der Waals surface area contributed by atoms with Crippen LogP contribution in [0.1, 0.15) is 35.3 Å². The van der Waals surface area contributed by atoms with Crippen LogP contribution in [-0.4, -0.2) is 12.0 Å². The maximum atomic E-state index is 3.56. The molecule has 0 spiro atoms. The Balaban J connectivity index is 2.72.